The molecule has 0 saturated carbocycles. The molecule has 4 aromatic heterocycles. The topological polar surface area (TPSA) is 30.7 Å². The van der Waals surface area contributed by atoms with E-state index in [2.05, 4.69) is 93.4 Å². The minimum Gasteiger partial charge on any atom is -0.308 e. The van der Waals surface area contributed by atoms with Crippen LogP contribution in [0.3, 0.4) is 0 Å². The van der Waals surface area contributed by atoms with Gasteiger partial charge in [0.15, 0.2) is 0 Å². The van der Waals surface area contributed by atoms with Gasteiger partial charge in [0, 0.05) is 48.2 Å². The Labute approximate surface area is 196 Å². The maximum absolute atomic E-state index is 4.59. The zero-order valence-corrected chi connectivity index (χ0v) is 19.0. The molecular formula is C28H15N3S2. The fourth-order valence-electron chi connectivity index (χ4n) is 5.14. The van der Waals surface area contributed by atoms with Crippen molar-refractivity contribution in [2.75, 3.05) is 0 Å². The van der Waals surface area contributed by atoms with Gasteiger partial charge in [0.1, 0.15) is 6.33 Å². The van der Waals surface area contributed by atoms with E-state index in [1.54, 1.807) is 17.7 Å². The average Bonchev–Trinajstić information content (AvgIpc) is 3.53. The summed E-state index contributed by atoms with van der Waals surface area (Å²) in [6.45, 7) is 0. The lowest BCUT2D eigenvalue weighted by atomic mass is 10.1. The molecule has 0 N–H and O–H groups in total. The Morgan fingerprint density at radius 1 is 0.636 bits per heavy atom. The first kappa shape index (κ1) is 17.7. The Hall–Kier alpha value is -3.80. The van der Waals surface area contributed by atoms with E-state index in [1.165, 1.54) is 57.8 Å². The lowest BCUT2D eigenvalue weighted by molar-refractivity contribution is 1.19. The van der Waals surface area contributed by atoms with Gasteiger partial charge in [0.05, 0.1) is 25.9 Å². The van der Waals surface area contributed by atoms with Crippen molar-refractivity contribution in [3.05, 3.63) is 91.4 Å². The summed E-state index contributed by atoms with van der Waals surface area (Å²) in [6.07, 6.45) is 3.57. The van der Waals surface area contributed by atoms with Gasteiger partial charge in [0.2, 0.25) is 0 Å². The van der Waals surface area contributed by atoms with Crippen LogP contribution in [0.4, 0.5) is 0 Å². The highest BCUT2D eigenvalue weighted by molar-refractivity contribution is 7.26. The molecule has 0 radical (unpaired) electrons. The second-order valence-corrected chi connectivity index (χ2v) is 10.4. The van der Waals surface area contributed by atoms with Gasteiger partial charge in [-0.05, 0) is 30.3 Å². The van der Waals surface area contributed by atoms with E-state index >= 15 is 0 Å². The molecule has 0 aliphatic carbocycles. The number of rotatable bonds is 1. The summed E-state index contributed by atoms with van der Waals surface area (Å²) in [4.78, 5) is 8.85. The van der Waals surface area contributed by atoms with Crippen LogP contribution in [-0.2, 0) is 0 Å². The van der Waals surface area contributed by atoms with Gasteiger partial charge in [-0.1, -0.05) is 48.5 Å². The molecule has 0 atom stereocenters. The largest absolute Gasteiger partial charge is 0.308 e. The van der Waals surface area contributed by atoms with Gasteiger partial charge in [-0.3, -0.25) is 0 Å². The fraction of sp³-hybridized carbons (Fsp3) is 0. The molecular weight excluding hydrogens is 442 g/mol. The van der Waals surface area contributed by atoms with Crippen molar-refractivity contribution in [3.63, 3.8) is 0 Å². The van der Waals surface area contributed by atoms with Gasteiger partial charge in [-0.2, -0.15) is 0 Å². The van der Waals surface area contributed by atoms with E-state index in [1.807, 2.05) is 17.5 Å². The standard InChI is InChI=1S/C28H15N3S2/c1-3-7-22-17(5-1)19-10-11-20-26-25(14-29-15-30-26)33-28(20)27(19)31(22)16-9-12-24-21(13-16)18-6-2-4-8-23(18)32-24/h1-15H. The molecule has 33 heavy (non-hydrogen) atoms. The summed E-state index contributed by atoms with van der Waals surface area (Å²) in [6, 6.07) is 28.7. The monoisotopic (exact) mass is 457 g/mol. The molecule has 0 bridgehead atoms. The van der Waals surface area contributed by atoms with E-state index in [4.69, 9.17) is 0 Å². The number of hydrogen-bond acceptors (Lipinski definition) is 4. The van der Waals surface area contributed by atoms with E-state index in [0.29, 0.717) is 0 Å². The molecule has 0 aliphatic rings. The van der Waals surface area contributed by atoms with E-state index in [9.17, 15) is 0 Å². The molecule has 4 heterocycles. The minimum atomic E-state index is 1.03. The highest BCUT2D eigenvalue weighted by Gasteiger charge is 2.18. The van der Waals surface area contributed by atoms with Crippen LogP contribution in [0.5, 0.6) is 0 Å². The lowest BCUT2D eigenvalue weighted by Crippen LogP contribution is -1.93. The summed E-state index contributed by atoms with van der Waals surface area (Å²) in [7, 11) is 0. The third kappa shape index (κ3) is 2.33. The van der Waals surface area contributed by atoms with Gasteiger partial charge in [-0.25, -0.2) is 9.97 Å². The Morgan fingerprint density at radius 3 is 2.42 bits per heavy atom. The van der Waals surface area contributed by atoms with Crippen LogP contribution >= 0.6 is 22.7 Å². The molecule has 0 fully saturated rings. The summed E-state index contributed by atoms with van der Waals surface area (Å²) < 4.78 is 7.47. The van der Waals surface area contributed by atoms with Crippen LogP contribution in [0.1, 0.15) is 0 Å². The summed E-state index contributed by atoms with van der Waals surface area (Å²) in [5.41, 5.74) is 4.69. The molecule has 0 spiro atoms. The summed E-state index contributed by atoms with van der Waals surface area (Å²) >= 11 is 3.64. The maximum Gasteiger partial charge on any atom is 0.116 e. The SMILES string of the molecule is c1ccc2c(c1)sc1ccc(-n3c4ccccc4c4ccc5c6ncncc6sc5c43)cc12. The second kappa shape index (κ2) is 6.38. The predicted molar refractivity (Wildman–Crippen MR) is 142 cm³/mol. The Kier molecular flexibility index (Phi) is 3.42. The van der Waals surface area contributed by atoms with Gasteiger partial charge in [-0.15, -0.1) is 22.7 Å². The first-order valence-electron chi connectivity index (χ1n) is 10.8. The average molecular weight is 458 g/mol. The highest BCUT2D eigenvalue weighted by atomic mass is 32.1. The van der Waals surface area contributed by atoms with Crippen molar-refractivity contribution >= 4 is 85.0 Å². The number of aromatic nitrogens is 3. The van der Waals surface area contributed by atoms with Crippen LogP contribution in [-0.4, -0.2) is 14.5 Å². The third-order valence-corrected chi connectivity index (χ3v) is 8.84. The first-order valence-corrected chi connectivity index (χ1v) is 12.5. The lowest BCUT2D eigenvalue weighted by Gasteiger charge is -2.09. The van der Waals surface area contributed by atoms with Crippen molar-refractivity contribution in [1.29, 1.82) is 0 Å². The van der Waals surface area contributed by atoms with Crippen LogP contribution in [0.2, 0.25) is 0 Å². The molecule has 0 saturated heterocycles. The molecule has 0 amide bonds. The molecule has 3 nitrogen and oxygen atoms in total. The van der Waals surface area contributed by atoms with E-state index < -0.39 is 0 Å². The van der Waals surface area contributed by atoms with Crippen molar-refractivity contribution < 1.29 is 0 Å². The molecule has 154 valence electrons. The van der Waals surface area contributed by atoms with Crippen LogP contribution in [0.15, 0.2) is 91.4 Å². The van der Waals surface area contributed by atoms with Gasteiger partial charge < -0.3 is 4.57 Å². The number of fused-ring (bicyclic) bond motifs is 10. The Morgan fingerprint density at radius 2 is 1.45 bits per heavy atom. The summed E-state index contributed by atoms with van der Waals surface area (Å²) in [5.74, 6) is 0. The Bertz CT molecular complexity index is 2040. The van der Waals surface area contributed by atoms with Crippen molar-refractivity contribution in [3.8, 4) is 5.69 Å². The molecule has 5 heteroatoms. The van der Waals surface area contributed by atoms with Gasteiger partial charge in [0.25, 0.3) is 0 Å². The zero-order valence-electron chi connectivity index (χ0n) is 17.3. The second-order valence-electron chi connectivity index (χ2n) is 8.31. The number of para-hydroxylation sites is 1. The van der Waals surface area contributed by atoms with Crippen LogP contribution < -0.4 is 0 Å². The smallest absolute Gasteiger partial charge is 0.116 e. The number of benzene rings is 4. The molecule has 8 aromatic rings. The third-order valence-electron chi connectivity index (χ3n) is 6.55. The molecule has 0 unspecified atom stereocenters. The van der Waals surface area contributed by atoms with E-state index in [-0.39, 0.29) is 0 Å². The minimum absolute atomic E-state index is 1.03. The quantitative estimate of drug-likeness (QED) is 0.248. The van der Waals surface area contributed by atoms with Crippen molar-refractivity contribution in [1.82, 2.24) is 14.5 Å². The molecule has 0 aliphatic heterocycles. The summed E-state index contributed by atoms with van der Waals surface area (Å²) in [5, 5.41) is 6.37. The molecule has 8 rings (SSSR count). The Balaban J connectivity index is 1.57. The molecule has 4 aromatic carbocycles. The first-order chi connectivity index (χ1) is 16.4. The highest BCUT2D eigenvalue weighted by Crippen LogP contribution is 2.43. The zero-order chi connectivity index (χ0) is 21.5. The predicted octanol–water partition coefficient (Wildman–Crippen LogP) is 8.31. The number of nitrogens with zero attached hydrogens (tertiary/aromatic N) is 3. The fourth-order valence-corrected chi connectivity index (χ4v) is 7.39. The maximum atomic E-state index is 4.59. The van der Waals surface area contributed by atoms with Crippen LogP contribution in [0, 0.1) is 0 Å². The van der Waals surface area contributed by atoms with Crippen molar-refractivity contribution in [2.24, 2.45) is 0 Å². The van der Waals surface area contributed by atoms with Crippen molar-refractivity contribution in [2.45, 2.75) is 0 Å². The van der Waals surface area contributed by atoms with E-state index in [0.717, 1.165) is 10.2 Å². The van der Waals surface area contributed by atoms with Gasteiger partial charge >= 0.3 is 0 Å². The number of thiophene rings is 2. The van der Waals surface area contributed by atoms with Crippen LogP contribution in [0.25, 0.3) is 68.0 Å². The number of hydrogen-bond donors (Lipinski definition) is 0. The normalized spacial score (nSPS) is 12.2.